The summed E-state index contributed by atoms with van der Waals surface area (Å²) in [6.07, 6.45) is 2.11. The van der Waals surface area contributed by atoms with Gasteiger partial charge < -0.3 is 5.32 Å². The number of anilines is 1. The number of hydrogen-bond acceptors (Lipinski definition) is 3. The van der Waals surface area contributed by atoms with Gasteiger partial charge >= 0.3 is 0 Å². The molecule has 18 heavy (non-hydrogen) atoms. The largest absolute Gasteiger partial charge is 0.378 e. The lowest BCUT2D eigenvalue weighted by molar-refractivity contribution is 0.881. The number of benzene rings is 1. The van der Waals surface area contributed by atoms with E-state index in [-0.39, 0.29) is 0 Å². The van der Waals surface area contributed by atoms with Gasteiger partial charge in [-0.25, -0.2) is 0 Å². The molecule has 1 heterocycles. The Morgan fingerprint density at radius 2 is 2.00 bits per heavy atom. The van der Waals surface area contributed by atoms with Crippen LogP contribution in [0.4, 0.5) is 5.69 Å². The molecule has 0 saturated carbocycles. The Morgan fingerprint density at radius 1 is 1.22 bits per heavy atom. The monoisotopic (exact) mass is 277 g/mol. The van der Waals surface area contributed by atoms with Crippen LogP contribution in [0.2, 0.25) is 0 Å². The number of nitrogens with one attached hydrogen (secondary N) is 1. The van der Waals surface area contributed by atoms with Crippen LogP contribution < -0.4 is 5.32 Å². The van der Waals surface area contributed by atoms with E-state index < -0.39 is 0 Å². The molecule has 0 saturated heterocycles. The van der Waals surface area contributed by atoms with E-state index in [0.29, 0.717) is 6.04 Å². The molecule has 2 rings (SSSR count). The highest BCUT2D eigenvalue weighted by molar-refractivity contribution is 7.98. The highest BCUT2D eigenvalue weighted by Crippen LogP contribution is 2.29. The highest BCUT2D eigenvalue weighted by Gasteiger charge is 2.11. The lowest BCUT2D eigenvalue weighted by Gasteiger charge is -2.16. The van der Waals surface area contributed by atoms with Crippen LogP contribution in [-0.4, -0.2) is 6.26 Å². The molecule has 1 N–H and O–H groups in total. The van der Waals surface area contributed by atoms with Gasteiger partial charge in [-0.1, -0.05) is 6.07 Å². The number of aryl methyl sites for hydroxylation is 2. The molecule has 1 unspecified atom stereocenters. The predicted octanol–water partition coefficient (Wildman–Crippen LogP) is 5.26. The summed E-state index contributed by atoms with van der Waals surface area (Å²) in [5, 5.41) is 3.58. The fourth-order valence-corrected chi connectivity index (χ4v) is 3.60. The Balaban J connectivity index is 2.15. The maximum absolute atomic E-state index is 3.58. The second-order valence-electron chi connectivity index (χ2n) is 4.47. The average Bonchev–Trinajstić information content (AvgIpc) is 2.69. The summed E-state index contributed by atoms with van der Waals surface area (Å²) in [7, 11) is 0. The van der Waals surface area contributed by atoms with Crippen molar-refractivity contribution in [1.82, 2.24) is 0 Å². The van der Waals surface area contributed by atoms with E-state index >= 15 is 0 Å². The fourth-order valence-electron chi connectivity index (χ4n) is 2.12. The van der Waals surface area contributed by atoms with E-state index in [2.05, 4.69) is 62.7 Å². The molecule has 0 radical (unpaired) electrons. The molecule has 0 aliphatic carbocycles. The maximum atomic E-state index is 3.58. The Labute approximate surface area is 118 Å². The molecule has 1 aromatic carbocycles. The second kappa shape index (κ2) is 5.81. The van der Waals surface area contributed by atoms with E-state index in [1.165, 1.54) is 25.9 Å². The van der Waals surface area contributed by atoms with Gasteiger partial charge in [0.15, 0.2) is 0 Å². The topological polar surface area (TPSA) is 12.0 Å². The van der Waals surface area contributed by atoms with E-state index in [9.17, 15) is 0 Å². The van der Waals surface area contributed by atoms with Crippen molar-refractivity contribution in [2.75, 3.05) is 11.6 Å². The van der Waals surface area contributed by atoms with Gasteiger partial charge in [-0.15, -0.1) is 23.1 Å². The van der Waals surface area contributed by atoms with Gasteiger partial charge in [0, 0.05) is 26.4 Å². The van der Waals surface area contributed by atoms with Crippen LogP contribution in [0, 0.1) is 13.8 Å². The highest BCUT2D eigenvalue weighted by atomic mass is 32.2. The third-order valence-electron chi connectivity index (χ3n) is 3.00. The molecule has 1 atom stereocenters. The Hall–Kier alpha value is -0.930. The van der Waals surface area contributed by atoms with E-state index in [4.69, 9.17) is 0 Å². The first-order valence-electron chi connectivity index (χ1n) is 6.07. The van der Waals surface area contributed by atoms with Gasteiger partial charge in [0.25, 0.3) is 0 Å². The first-order chi connectivity index (χ1) is 8.60. The van der Waals surface area contributed by atoms with E-state index in [1.807, 2.05) is 11.3 Å². The molecule has 0 aliphatic heterocycles. The smallest absolute Gasteiger partial charge is 0.0496 e. The minimum absolute atomic E-state index is 0.354. The normalized spacial score (nSPS) is 12.4. The minimum atomic E-state index is 0.354. The number of thiophene rings is 1. The summed E-state index contributed by atoms with van der Waals surface area (Å²) in [6, 6.07) is 11.2. The second-order valence-corrected chi connectivity index (χ2v) is 6.81. The van der Waals surface area contributed by atoms with Gasteiger partial charge in [0.05, 0.1) is 0 Å². The van der Waals surface area contributed by atoms with Crippen molar-refractivity contribution in [2.45, 2.75) is 31.7 Å². The molecule has 1 aromatic heterocycles. The molecule has 0 bridgehead atoms. The van der Waals surface area contributed by atoms with Crippen LogP contribution in [-0.2, 0) is 0 Å². The molecule has 0 aliphatic rings. The summed E-state index contributed by atoms with van der Waals surface area (Å²) in [6.45, 7) is 6.59. The van der Waals surface area contributed by atoms with Crippen LogP contribution in [0.25, 0.3) is 0 Å². The first-order valence-corrected chi connectivity index (χ1v) is 8.12. The van der Waals surface area contributed by atoms with Crippen LogP contribution in [0.5, 0.6) is 0 Å². The van der Waals surface area contributed by atoms with Crippen molar-refractivity contribution < 1.29 is 0 Å². The van der Waals surface area contributed by atoms with Crippen LogP contribution in [0.3, 0.4) is 0 Å². The van der Waals surface area contributed by atoms with Crippen molar-refractivity contribution in [3.05, 3.63) is 45.6 Å². The van der Waals surface area contributed by atoms with Crippen LogP contribution in [0.1, 0.15) is 28.3 Å². The predicted molar refractivity (Wildman–Crippen MR) is 84.1 cm³/mol. The zero-order valence-electron chi connectivity index (χ0n) is 11.3. The number of thioether (sulfide) groups is 1. The van der Waals surface area contributed by atoms with Gasteiger partial charge in [0.1, 0.15) is 0 Å². The first kappa shape index (κ1) is 13.5. The Morgan fingerprint density at radius 3 is 2.61 bits per heavy atom. The summed E-state index contributed by atoms with van der Waals surface area (Å²) in [5.41, 5.74) is 2.60. The Kier molecular flexibility index (Phi) is 4.36. The van der Waals surface area contributed by atoms with Crippen molar-refractivity contribution in [1.29, 1.82) is 0 Å². The molecule has 0 spiro atoms. The zero-order valence-corrected chi connectivity index (χ0v) is 12.9. The quantitative estimate of drug-likeness (QED) is 0.765. The molecule has 3 heteroatoms. The molecular weight excluding hydrogens is 258 g/mol. The fraction of sp³-hybridized carbons (Fsp3) is 0.333. The molecule has 2 aromatic rings. The van der Waals surface area contributed by atoms with E-state index in [1.54, 1.807) is 11.8 Å². The van der Waals surface area contributed by atoms with Gasteiger partial charge in [-0.2, -0.15) is 0 Å². The number of rotatable bonds is 4. The molecule has 0 fully saturated rings. The average molecular weight is 277 g/mol. The third kappa shape index (κ3) is 3.09. The molecule has 0 amide bonds. The lowest BCUT2D eigenvalue weighted by atomic mass is 10.1. The van der Waals surface area contributed by atoms with Crippen molar-refractivity contribution in [3.8, 4) is 0 Å². The molecular formula is C15H19NS2. The SMILES string of the molecule is CSc1cccc(NC(C)c2cc(C)sc2C)c1. The summed E-state index contributed by atoms with van der Waals surface area (Å²) in [5.74, 6) is 0. The van der Waals surface area contributed by atoms with Gasteiger partial charge in [-0.3, -0.25) is 0 Å². The lowest BCUT2D eigenvalue weighted by Crippen LogP contribution is -2.06. The standard InChI is InChI=1S/C15H19NS2/c1-10-8-15(12(3)18-10)11(2)16-13-6-5-7-14(9-13)17-4/h5-9,11,16H,1-4H3. The Bertz CT molecular complexity index is 531. The molecule has 96 valence electrons. The maximum Gasteiger partial charge on any atom is 0.0496 e. The van der Waals surface area contributed by atoms with Gasteiger partial charge in [0.2, 0.25) is 0 Å². The summed E-state index contributed by atoms with van der Waals surface area (Å²) >= 11 is 3.65. The third-order valence-corrected chi connectivity index (χ3v) is 4.71. The zero-order chi connectivity index (χ0) is 13.1. The van der Waals surface area contributed by atoms with Crippen molar-refractivity contribution in [2.24, 2.45) is 0 Å². The minimum Gasteiger partial charge on any atom is -0.378 e. The van der Waals surface area contributed by atoms with Crippen LogP contribution >= 0.6 is 23.1 Å². The van der Waals surface area contributed by atoms with Crippen molar-refractivity contribution >= 4 is 28.8 Å². The van der Waals surface area contributed by atoms with E-state index in [0.717, 1.165) is 0 Å². The summed E-state index contributed by atoms with van der Waals surface area (Å²) in [4.78, 5) is 4.09. The van der Waals surface area contributed by atoms with Gasteiger partial charge in [-0.05, 0) is 56.9 Å². The van der Waals surface area contributed by atoms with Crippen molar-refractivity contribution in [3.63, 3.8) is 0 Å². The number of hydrogen-bond donors (Lipinski definition) is 1. The van der Waals surface area contributed by atoms with Crippen LogP contribution in [0.15, 0.2) is 35.2 Å². The summed E-state index contributed by atoms with van der Waals surface area (Å²) < 4.78 is 0. The molecule has 1 nitrogen and oxygen atoms in total.